The van der Waals surface area contributed by atoms with Gasteiger partial charge in [-0.3, -0.25) is 9.10 Å². The first-order valence-corrected chi connectivity index (χ1v) is 9.78. The normalized spacial score (nSPS) is 12.5. The monoisotopic (exact) mass is 391 g/mol. The maximum Gasteiger partial charge on any atom is 0.303 e. The molecule has 1 amide bonds. The molecule has 0 aliphatic rings. The number of carbonyl (C=O) groups is 1. The summed E-state index contributed by atoms with van der Waals surface area (Å²) in [6.07, 6.45) is 0. The average molecular weight is 391 g/mol. The molecule has 1 atom stereocenters. The Morgan fingerprint density at radius 1 is 1.04 bits per heavy atom. The van der Waals surface area contributed by atoms with Gasteiger partial charge in [-0.15, -0.1) is 0 Å². The van der Waals surface area contributed by atoms with Crippen molar-refractivity contribution in [3.8, 4) is 5.75 Å². The molecule has 0 radical (unpaired) electrons. The van der Waals surface area contributed by atoms with Crippen molar-refractivity contribution in [2.75, 3.05) is 32.6 Å². The molecule has 0 spiro atoms. The molecule has 2 rings (SSSR count). The highest BCUT2D eigenvalue weighted by Gasteiger charge is 2.21. The summed E-state index contributed by atoms with van der Waals surface area (Å²) in [6, 6.07) is 13.6. The van der Waals surface area contributed by atoms with E-state index < -0.39 is 10.2 Å². The number of rotatable bonds is 7. The number of benzene rings is 2. The molecule has 0 saturated heterocycles. The van der Waals surface area contributed by atoms with Crippen molar-refractivity contribution in [2.45, 2.75) is 13.0 Å². The summed E-state index contributed by atoms with van der Waals surface area (Å²) in [4.78, 5) is 12.5. The summed E-state index contributed by atoms with van der Waals surface area (Å²) >= 11 is 0. The fraction of sp³-hybridized carbons (Fsp3) is 0.316. The van der Waals surface area contributed by atoms with E-state index in [9.17, 15) is 13.2 Å². The second-order valence-corrected chi connectivity index (χ2v) is 8.42. The minimum atomic E-state index is -3.57. The first-order chi connectivity index (χ1) is 12.7. The van der Waals surface area contributed by atoms with E-state index in [-0.39, 0.29) is 11.9 Å². The molecule has 7 nitrogen and oxygen atoms in total. The number of ether oxygens (including phenoxy) is 1. The second kappa shape index (κ2) is 8.41. The van der Waals surface area contributed by atoms with Crippen LogP contribution in [0.25, 0.3) is 0 Å². The fourth-order valence-electron chi connectivity index (χ4n) is 2.58. The molecule has 0 aromatic heterocycles. The van der Waals surface area contributed by atoms with E-state index in [1.807, 2.05) is 31.2 Å². The van der Waals surface area contributed by atoms with Crippen LogP contribution in [0.1, 0.15) is 28.9 Å². The van der Waals surface area contributed by atoms with Gasteiger partial charge in [-0.05, 0) is 37.3 Å². The van der Waals surface area contributed by atoms with Crippen LogP contribution in [-0.2, 0) is 10.2 Å². The van der Waals surface area contributed by atoms with Crippen molar-refractivity contribution in [1.82, 2.24) is 9.62 Å². The van der Waals surface area contributed by atoms with E-state index >= 15 is 0 Å². The highest BCUT2D eigenvalue weighted by atomic mass is 32.2. The number of methoxy groups -OCH3 is 1. The third kappa shape index (κ3) is 4.58. The number of carbonyl (C=O) groups excluding carboxylic acids is 1. The van der Waals surface area contributed by atoms with Crippen molar-refractivity contribution in [3.05, 3.63) is 59.7 Å². The molecule has 0 bridgehead atoms. The summed E-state index contributed by atoms with van der Waals surface area (Å²) < 4.78 is 32.0. The van der Waals surface area contributed by atoms with Crippen LogP contribution in [0, 0.1) is 0 Å². The molecule has 0 unspecified atom stereocenters. The summed E-state index contributed by atoms with van der Waals surface area (Å²) in [5.41, 5.74) is 1.79. The molecule has 0 saturated carbocycles. The predicted octanol–water partition coefficient (Wildman–Crippen LogP) is 2.43. The Balaban J connectivity index is 2.14. The number of amides is 1. The van der Waals surface area contributed by atoms with Gasteiger partial charge in [-0.2, -0.15) is 12.7 Å². The third-order valence-corrected chi connectivity index (χ3v) is 6.08. The molecular weight excluding hydrogens is 366 g/mol. The SMILES string of the molecule is COc1ccccc1[C@@H](C)NC(=O)c1ccc(N(C)S(=O)(=O)N(C)C)cc1. The summed E-state index contributed by atoms with van der Waals surface area (Å²) in [6.45, 7) is 1.88. The van der Waals surface area contributed by atoms with Gasteiger partial charge in [-0.25, -0.2) is 0 Å². The van der Waals surface area contributed by atoms with Crippen molar-refractivity contribution >= 4 is 21.8 Å². The smallest absolute Gasteiger partial charge is 0.303 e. The van der Waals surface area contributed by atoms with Gasteiger partial charge >= 0.3 is 10.2 Å². The lowest BCUT2D eigenvalue weighted by atomic mass is 10.1. The van der Waals surface area contributed by atoms with Crippen LogP contribution in [-0.4, -0.2) is 46.9 Å². The molecule has 0 fully saturated rings. The van der Waals surface area contributed by atoms with Crippen molar-refractivity contribution < 1.29 is 17.9 Å². The highest BCUT2D eigenvalue weighted by molar-refractivity contribution is 7.90. The zero-order chi connectivity index (χ0) is 20.2. The molecule has 27 heavy (non-hydrogen) atoms. The number of hydrogen-bond donors (Lipinski definition) is 1. The molecule has 0 aliphatic heterocycles. The molecule has 2 aromatic carbocycles. The van der Waals surface area contributed by atoms with Crippen LogP contribution in [0.2, 0.25) is 0 Å². The first kappa shape index (κ1) is 20.7. The van der Waals surface area contributed by atoms with Crippen LogP contribution in [0.5, 0.6) is 5.75 Å². The minimum absolute atomic E-state index is 0.245. The standard InChI is InChI=1S/C19H25N3O4S/c1-14(17-8-6-7-9-18(17)26-5)20-19(23)15-10-12-16(13-11-15)22(4)27(24,25)21(2)3/h6-14H,1-5H3,(H,20,23)/t14-/m1/s1. The molecule has 146 valence electrons. The van der Waals surface area contributed by atoms with Crippen LogP contribution >= 0.6 is 0 Å². The van der Waals surface area contributed by atoms with Crippen LogP contribution in [0.15, 0.2) is 48.5 Å². The number of anilines is 1. The Hall–Kier alpha value is -2.58. The first-order valence-electron chi connectivity index (χ1n) is 8.38. The zero-order valence-corrected chi connectivity index (χ0v) is 16.9. The number of nitrogens with zero attached hydrogens (tertiary/aromatic N) is 2. The largest absolute Gasteiger partial charge is 0.496 e. The predicted molar refractivity (Wildman–Crippen MR) is 106 cm³/mol. The van der Waals surface area contributed by atoms with Gasteiger partial charge in [0.1, 0.15) is 5.75 Å². The van der Waals surface area contributed by atoms with Crippen LogP contribution < -0.4 is 14.4 Å². The van der Waals surface area contributed by atoms with Gasteiger partial charge in [0, 0.05) is 32.3 Å². The third-order valence-electron chi connectivity index (χ3n) is 4.25. The lowest BCUT2D eigenvalue weighted by Gasteiger charge is -2.23. The van der Waals surface area contributed by atoms with Crippen LogP contribution in [0.4, 0.5) is 5.69 Å². The van der Waals surface area contributed by atoms with E-state index in [1.165, 1.54) is 21.1 Å². The zero-order valence-electron chi connectivity index (χ0n) is 16.1. The average Bonchev–Trinajstić information content (AvgIpc) is 2.67. The van der Waals surface area contributed by atoms with Gasteiger partial charge in [0.25, 0.3) is 5.91 Å². The Bertz CT molecular complexity index is 895. The van der Waals surface area contributed by atoms with E-state index in [0.717, 1.165) is 14.2 Å². The van der Waals surface area contributed by atoms with E-state index in [1.54, 1.807) is 31.4 Å². The molecule has 2 aromatic rings. The van der Waals surface area contributed by atoms with E-state index in [0.29, 0.717) is 17.0 Å². The molecule has 0 aliphatic carbocycles. The fourth-order valence-corrected chi connectivity index (χ4v) is 3.46. The lowest BCUT2D eigenvalue weighted by Crippen LogP contribution is -2.37. The Morgan fingerprint density at radius 2 is 1.63 bits per heavy atom. The summed E-state index contributed by atoms with van der Waals surface area (Å²) in [7, 11) is 2.41. The van der Waals surface area contributed by atoms with Gasteiger partial charge in [0.05, 0.1) is 18.8 Å². The summed E-state index contributed by atoms with van der Waals surface area (Å²) in [5, 5.41) is 2.93. The van der Waals surface area contributed by atoms with E-state index in [4.69, 9.17) is 4.74 Å². The Morgan fingerprint density at radius 3 is 2.19 bits per heavy atom. The topological polar surface area (TPSA) is 79.0 Å². The minimum Gasteiger partial charge on any atom is -0.496 e. The van der Waals surface area contributed by atoms with Gasteiger partial charge in [0.2, 0.25) is 0 Å². The van der Waals surface area contributed by atoms with Crippen molar-refractivity contribution in [3.63, 3.8) is 0 Å². The molecular formula is C19H25N3O4S. The van der Waals surface area contributed by atoms with Crippen LogP contribution in [0.3, 0.4) is 0 Å². The van der Waals surface area contributed by atoms with E-state index in [2.05, 4.69) is 5.32 Å². The Labute approximate surface area is 160 Å². The maximum atomic E-state index is 12.5. The second-order valence-electron chi connectivity index (χ2n) is 6.24. The number of nitrogens with one attached hydrogen (secondary N) is 1. The lowest BCUT2D eigenvalue weighted by molar-refractivity contribution is 0.0939. The maximum absolute atomic E-state index is 12.5. The van der Waals surface area contributed by atoms with Crippen molar-refractivity contribution in [2.24, 2.45) is 0 Å². The number of para-hydroxylation sites is 1. The number of hydrogen-bond acceptors (Lipinski definition) is 4. The van der Waals surface area contributed by atoms with Gasteiger partial charge < -0.3 is 10.1 Å². The molecule has 8 heteroatoms. The molecule has 1 N–H and O–H groups in total. The Kier molecular flexibility index (Phi) is 6.45. The molecule has 0 heterocycles. The highest BCUT2D eigenvalue weighted by Crippen LogP contribution is 2.25. The van der Waals surface area contributed by atoms with Crippen molar-refractivity contribution in [1.29, 1.82) is 0 Å². The quantitative estimate of drug-likeness (QED) is 0.786. The summed E-state index contributed by atoms with van der Waals surface area (Å²) in [5.74, 6) is 0.453. The van der Waals surface area contributed by atoms with Gasteiger partial charge in [0.15, 0.2) is 0 Å². The van der Waals surface area contributed by atoms with Gasteiger partial charge in [-0.1, -0.05) is 18.2 Å².